The molecule has 0 radical (unpaired) electrons. The van der Waals surface area contributed by atoms with Gasteiger partial charge in [0.05, 0.1) is 18.7 Å². The number of carbonyl (C=O) groups is 1. The fourth-order valence-corrected chi connectivity index (χ4v) is 3.05. The summed E-state index contributed by atoms with van der Waals surface area (Å²) in [5.41, 5.74) is 1.45. The maximum absolute atomic E-state index is 13.1. The van der Waals surface area contributed by atoms with Gasteiger partial charge in [-0.2, -0.15) is 0 Å². The number of hydrogen-bond acceptors (Lipinski definition) is 6. The SMILES string of the molecule is CC(C)c1nnc(C2CN(C(=O)c3cccc4ncccc34)CCO2)o1. The third kappa shape index (κ3) is 3.06. The zero-order valence-corrected chi connectivity index (χ0v) is 14.8. The Labute approximate surface area is 151 Å². The van der Waals surface area contributed by atoms with Crippen LogP contribution in [0.4, 0.5) is 0 Å². The summed E-state index contributed by atoms with van der Waals surface area (Å²) in [5.74, 6) is 1.11. The smallest absolute Gasteiger partial charge is 0.254 e. The molecule has 1 fully saturated rings. The molecule has 1 aliphatic heterocycles. The normalized spacial score (nSPS) is 17.8. The zero-order chi connectivity index (χ0) is 18.1. The van der Waals surface area contributed by atoms with Crippen molar-refractivity contribution in [2.75, 3.05) is 19.7 Å². The highest BCUT2D eigenvalue weighted by molar-refractivity contribution is 6.06. The molecule has 1 aromatic carbocycles. The van der Waals surface area contributed by atoms with Gasteiger partial charge in [0.1, 0.15) is 0 Å². The van der Waals surface area contributed by atoms with Gasteiger partial charge in [-0.1, -0.05) is 26.0 Å². The summed E-state index contributed by atoms with van der Waals surface area (Å²) in [6.45, 7) is 5.32. The van der Waals surface area contributed by atoms with Crippen LogP contribution in [0.1, 0.15) is 48.0 Å². The average molecular weight is 352 g/mol. The lowest BCUT2D eigenvalue weighted by molar-refractivity contribution is -0.0350. The Hall–Kier alpha value is -2.80. The van der Waals surface area contributed by atoms with Gasteiger partial charge in [-0.25, -0.2) is 0 Å². The Bertz CT molecular complexity index is 932. The summed E-state index contributed by atoms with van der Waals surface area (Å²) in [7, 11) is 0. The van der Waals surface area contributed by atoms with Crippen molar-refractivity contribution in [1.29, 1.82) is 0 Å². The average Bonchev–Trinajstić information content (AvgIpc) is 3.18. The number of benzene rings is 1. The van der Waals surface area contributed by atoms with E-state index in [0.29, 0.717) is 37.0 Å². The van der Waals surface area contributed by atoms with Gasteiger partial charge in [0.15, 0.2) is 6.10 Å². The van der Waals surface area contributed by atoms with E-state index in [0.717, 1.165) is 10.9 Å². The number of ether oxygens (including phenoxy) is 1. The molecular formula is C19H20N4O3. The van der Waals surface area contributed by atoms with Crippen LogP contribution in [0.2, 0.25) is 0 Å². The third-order valence-corrected chi connectivity index (χ3v) is 4.46. The van der Waals surface area contributed by atoms with Crippen molar-refractivity contribution in [3.8, 4) is 0 Å². The molecule has 0 N–H and O–H groups in total. The number of carbonyl (C=O) groups excluding carboxylic acids is 1. The zero-order valence-electron chi connectivity index (χ0n) is 14.8. The van der Waals surface area contributed by atoms with Crippen molar-refractivity contribution >= 4 is 16.8 Å². The van der Waals surface area contributed by atoms with E-state index in [4.69, 9.17) is 9.15 Å². The first-order valence-electron chi connectivity index (χ1n) is 8.71. The van der Waals surface area contributed by atoms with Gasteiger partial charge in [-0.3, -0.25) is 9.78 Å². The molecule has 7 nitrogen and oxygen atoms in total. The molecule has 4 rings (SSSR count). The maximum Gasteiger partial charge on any atom is 0.254 e. The quantitative estimate of drug-likeness (QED) is 0.721. The molecule has 3 aromatic rings. The van der Waals surface area contributed by atoms with E-state index >= 15 is 0 Å². The molecule has 3 heterocycles. The number of fused-ring (bicyclic) bond motifs is 1. The lowest BCUT2D eigenvalue weighted by atomic mass is 10.1. The molecule has 0 saturated carbocycles. The van der Waals surface area contributed by atoms with Crippen LogP contribution >= 0.6 is 0 Å². The molecule has 7 heteroatoms. The van der Waals surface area contributed by atoms with Gasteiger partial charge < -0.3 is 14.1 Å². The lowest BCUT2D eigenvalue weighted by Gasteiger charge is -2.31. The van der Waals surface area contributed by atoms with E-state index in [1.54, 1.807) is 11.1 Å². The van der Waals surface area contributed by atoms with Crippen molar-refractivity contribution in [3.05, 3.63) is 53.9 Å². The van der Waals surface area contributed by atoms with Crippen molar-refractivity contribution < 1.29 is 13.9 Å². The monoisotopic (exact) mass is 352 g/mol. The second-order valence-electron chi connectivity index (χ2n) is 6.62. The number of nitrogens with zero attached hydrogens (tertiary/aromatic N) is 4. The molecule has 26 heavy (non-hydrogen) atoms. The van der Waals surface area contributed by atoms with E-state index in [9.17, 15) is 4.79 Å². The van der Waals surface area contributed by atoms with Crippen molar-refractivity contribution in [1.82, 2.24) is 20.1 Å². The van der Waals surface area contributed by atoms with Gasteiger partial charge in [0.25, 0.3) is 5.91 Å². The summed E-state index contributed by atoms with van der Waals surface area (Å²) in [6, 6.07) is 9.35. The van der Waals surface area contributed by atoms with Crippen LogP contribution in [-0.4, -0.2) is 45.7 Å². The molecule has 1 atom stereocenters. The van der Waals surface area contributed by atoms with Gasteiger partial charge >= 0.3 is 0 Å². The fourth-order valence-electron chi connectivity index (χ4n) is 3.05. The predicted molar refractivity (Wildman–Crippen MR) is 94.7 cm³/mol. The summed E-state index contributed by atoms with van der Waals surface area (Å²) < 4.78 is 11.5. The van der Waals surface area contributed by atoms with Crippen LogP contribution < -0.4 is 0 Å². The molecule has 134 valence electrons. The Balaban J connectivity index is 1.58. The fraction of sp³-hybridized carbons (Fsp3) is 0.368. The van der Waals surface area contributed by atoms with E-state index in [-0.39, 0.29) is 11.8 Å². The van der Waals surface area contributed by atoms with Crippen LogP contribution in [-0.2, 0) is 4.74 Å². The summed E-state index contributed by atoms with van der Waals surface area (Å²) in [4.78, 5) is 19.2. The molecule has 1 saturated heterocycles. The molecule has 0 spiro atoms. The molecule has 0 aliphatic carbocycles. The lowest BCUT2D eigenvalue weighted by Crippen LogP contribution is -2.42. The van der Waals surface area contributed by atoms with Crippen LogP contribution in [0.25, 0.3) is 10.9 Å². The summed E-state index contributed by atoms with van der Waals surface area (Å²) >= 11 is 0. The van der Waals surface area contributed by atoms with Crippen LogP contribution in [0.15, 0.2) is 40.9 Å². The number of aromatic nitrogens is 3. The Kier molecular flexibility index (Phi) is 4.38. The molecular weight excluding hydrogens is 332 g/mol. The first kappa shape index (κ1) is 16.7. The number of amides is 1. The molecule has 2 aromatic heterocycles. The molecule has 0 bridgehead atoms. The first-order valence-corrected chi connectivity index (χ1v) is 8.71. The highest BCUT2D eigenvalue weighted by Crippen LogP contribution is 2.25. The minimum absolute atomic E-state index is 0.0412. The summed E-state index contributed by atoms with van der Waals surface area (Å²) in [6.07, 6.45) is 1.32. The standard InChI is InChI=1S/C19H20N4O3/c1-12(2)17-21-22-18(26-17)16-11-23(9-10-25-16)19(24)14-5-3-7-15-13(14)6-4-8-20-15/h3-8,12,16H,9-11H2,1-2H3. The van der Waals surface area contributed by atoms with Crippen molar-refractivity contribution in [2.45, 2.75) is 25.9 Å². The van der Waals surface area contributed by atoms with E-state index in [1.807, 2.05) is 44.2 Å². The van der Waals surface area contributed by atoms with Crippen LogP contribution in [0.5, 0.6) is 0 Å². The molecule has 1 unspecified atom stereocenters. The van der Waals surface area contributed by atoms with E-state index in [2.05, 4.69) is 15.2 Å². The molecule has 1 amide bonds. The van der Waals surface area contributed by atoms with E-state index < -0.39 is 6.10 Å². The highest BCUT2D eigenvalue weighted by atomic mass is 16.5. The highest BCUT2D eigenvalue weighted by Gasteiger charge is 2.30. The Morgan fingerprint density at radius 1 is 1.23 bits per heavy atom. The first-order chi connectivity index (χ1) is 12.6. The molecule has 1 aliphatic rings. The predicted octanol–water partition coefficient (Wildman–Crippen LogP) is 2.95. The number of rotatable bonds is 3. The van der Waals surface area contributed by atoms with Crippen molar-refractivity contribution in [3.63, 3.8) is 0 Å². The Morgan fingerprint density at radius 3 is 2.92 bits per heavy atom. The maximum atomic E-state index is 13.1. The van der Waals surface area contributed by atoms with Gasteiger partial charge in [0.2, 0.25) is 11.8 Å². The minimum Gasteiger partial charge on any atom is -0.422 e. The minimum atomic E-state index is -0.402. The largest absolute Gasteiger partial charge is 0.422 e. The third-order valence-electron chi connectivity index (χ3n) is 4.46. The van der Waals surface area contributed by atoms with Gasteiger partial charge in [0, 0.05) is 29.6 Å². The van der Waals surface area contributed by atoms with Gasteiger partial charge in [-0.05, 0) is 18.2 Å². The van der Waals surface area contributed by atoms with E-state index in [1.165, 1.54) is 0 Å². The number of hydrogen-bond donors (Lipinski definition) is 0. The summed E-state index contributed by atoms with van der Waals surface area (Å²) in [5, 5.41) is 8.99. The number of pyridine rings is 1. The van der Waals surface area contributed by atoms with Crippen molar-refractivity contribution in [2.24, 2.45) is 0 Å². The second-order valence-corrected chi connectivity index (χ2v) is 6.62. The number of morpholine rings is 1. The topological polar surface area (TPSA) is 81.4 Å². The van der Waals surface area contributed by atoms with Crippen LogP contribution in [0, 0.1) is 0 Å². The van der Waals surface area contributed by atoms with Crippen LogP contribution in [0.3, 0.4) is 0 Å². The second kappa shape index (κ2) is 6.84. The Morgan fingerprint density at radius 2 is 2.12 bits per heavy atom. The van der Waals surface area contributed by atoms with Gasteiger partial charge in [-0.15, -0.1) is 10.2 Å².